The van der Waals surface area contributed by atoms with Crippen LogP contribution in [-0.4, -0.2) is 39.9 Å². The Balaban J connectivity index is 3.36. The topological polar surface area (TPSA) is 55.4 Å². The van der Waals surface area contributed by atoms with Crippen molar-refractivity contribution in [2.75, 3.05) is 7.11 Å². The van der Waals surface area contributed by atoms with Gasteiger partial charge in [0, 0.05) is 0 Å². The summed E-state index contributed by atoms with van der Waals surface area (Å²) in [5.41, 5.74) is 5.86. The van der Waals surface area contributed by atoms with E-state index in [2.05, 4.69) is 49.2 Å². The zero-order chi connectivity index (χ0) is 26.6. The zero-order valence-electron chi connectivity index (χ0n) is 23.9. The Labute approximate surface area is 220 Å². The molecule has 0 aliphatic carbocycles. The standard InChI is InChI=1S/C17H24NO3S.3C4H9.Sn/c1-8-9-15(11(2)3)18-22(19,20)17-12(4)10-16(21-7)13(5)14(17)6;3*1-3-4-2;/h1,9-11,15,18H,2-7H3;3*1,3-4H2,2H3;/t8?,15-;;;;/m1..../s1. The number of ether oxygens (including phenoxy) is 1. The number of hydrogen-bond acceptors (Lipinski definition) is 3. The number of benzene rings is 1. The Hall–Kier alpha value is -0.751. The van der Waals surface area contributed by atoms with Gasteiger partial charge in [-0.3, -0.25) is 0 Å². The number of nitrogens with one attached hydrogen (secondary N) is 1. The molecule has 4 nitrogen and oxygen atoms in total. The van der Waals surface area contributed by atoms with Gasteiger partial charge in [0.15, 0.2) is 0 Å². The van der Waals surface area contributed by atoms with Gasteiger partial charge < -0.3 is 0 Å². The monoisotopic (exact) mass is 613 g/mol. The van der Waals surface area contributed by atoms with Gasteiger partial charge in [-0.2, -0.15) is 0 Å². The van der Waals surface area contributed by atoms with Gasteiger partial charge >= 0.3 is 222 Å². The van der Waals surface area contributed by atoms with Crippen LogP contribution < -0.4 is 9.46 Å². The summed E-state index contributed by atoms with van der Waals surface area (Å²) in [5, 5.41) is 0. The average Bonchev–Trinajstić information content (AvgIpc) is 2.81. The number of aryl methyl sites for hydroxylation is 1. The molecule has 0 amide bonds. The van der Waals surface area contributed by atoms with Crippen LogP contribution in [0.2, 0.25) is 13.3 Å². The fraction of sp³-hybridized carbons (Fsp3) is 0.690. The fourth-order valence-corrected chi connectivity index (χ4v) is 20.3. The second kappa shape index (κ2) is 15.5. The quantitative estimate of drug-likeness (QED) is 0.152. The average molecular weight is 613 g/mol. The van der Waals surface area contributed by atoms with E-state index in [1.54, 1.807) is 7.11 Å². The third kappa shape index (κ3) is 9.57. The first kappa shape index (κ1) is 32.3. The molecule has 0 fully saturated rings. The third-order valence-corrected chi connectivity index (χ3v) is 22.8. The van der Waals surface area contributed by atoms with Crippen LogP contribution in [0, 0.1) is 26.7 Å². The van der Waals surface area contributed by atoms with E-state index in [1.165, 1.54) is 51.8 Å². The van der Waals surface area contributed by atoms with Crippen molar-refractivity contribution in [3.63, 3.8) is 0 Å². The Morgan fingerprint density at radius 3 is 1.91 bits per heavy atom. The summed E-state index contributed by atoms with van der Waals surface area (Å²) in [6, 6.07) is 1.51. The third-order valence-electron chi connectivity index (χ3n) is 7.23. The van der Waals surface area contributed by atoms with Crippen LogP contribution in [0.5, 0.6) is 5.75 Å². The Morgan fingerprint density at radius 1 is 0.971 bits per heavy atom. The number of methoxy groups -OCH3 is 1. The molecule has 0 aliphatic rings. The zero-order valence-corrected chi connectivity index (χ0v) is 27.6. The van der Waals surface area contributed by atoms with E-state index in [9.17, 15) is 8.42 Å². The normalized spacial score (nSPS) is 13.0. The SMILES string of the molecule is CCC[CH2][Sn]([CH]=C=C[C@@H](NS(=O)(=O)c1c(C)cc(OC)c(C)c1C)C(C)C)([CH2]CCC)[CH2]CCC. The van der Waals surface area contributed by atoms with Crippen molar-refractivity contribution in [2.45, 2.75) is 118 Å². The second-order valence-electron chi connectivity index (χ2n) is 10.5. The molecule has 1 aromatic rings. The van der Waals surface area contributed by atoms with Crippen LogP contribution >= 0.6 is 0 Å². The first-order valence-electron chi connectivity index (χ1n) is 13.6. The van der Waals surface area contributed by atoms with Crippen molar-refractivity contribution in [1.82, 2.24) is 4.72 Å². The molecule has 6 heteroatoms. The van der Waals surface area contributed by atoms with Crippen molar-refractivity contribution < 1.29 is 13.2 Å². The molecular weight excluding hydrogens is 561 g/mol. The molecule has 0 bridgehead atoms. The van der Waals surface area contributed by atoms with E-state index >= 15 is 0 Å². The maximum absolute atomic E-state index is 13.5. The summed E-state index contributed by atoms with van der Waals surface area (Å²) in [6.07, 6.45) is 9.61. The van der Waals surface area contributed by atoms with E-state index < -0.39 is 28.4 Å². The van der Waals surface area contributed by atoms with Crippen LogP contribution in [0.25, 0.3) is 0 Å². The predicted molar refractivity (Wildman–Crippen MR) is 154 cm³/mol. The van der Waals surface area contributed by atoms with Crippen LogP contribution in [0.15, 0.2) is 26.9 Å². The molecule has 0 spiro atoms. The van der Waals surface area contributed by atoms with Crippen molar-refractivity contribution >= 4 is 28.4 Å². The molecule has 0 radical (unpaired) electrons. The van der Waals surface area contributed by atoms with Gasteiger partial charge in [-0.15, -0.1) is 0 Å². The molecule has 1 aromatic carbocycles. The molecule has 0 heterocycles. The Bertz CT molecular complexity index is 941. The molecule has 1 rings (SSSR count). The molecule has 1 N–H and O–H groups in total. The predicted octanol–water partition coefficient (Wildman–Crippen LogP) is 8.02. The first-order chi connectivity index (χ1) is 16.5. The summed E-state index contributed by atoms with van der Waals surface area (Å²) in [7, 11) is -2.08. The van der Waals surface area contributed by atoms with Crippen LogP contribution in [0.3, 0.4) is 0 Å². The summed E-state index contributed by atoms with van der Waals surface area (Å²) in [4.78, 5) is 0.362. The summed E-state index contributed by atoms with van der Waals surface area (Å²) in [6.45, 7) is 16.6. The van der Waals surface area contributed by atoms with Gasteiger partial charge in [-0.1, -0.05) is 0 Å². The molecule has 0 unspecified atom stereocenters. The number of sulfonamides is 1. The number of rotatable bonds is 16. The molecule has 1 atom stereocenters. The van der Waals surface area contributed by atoms with Crippen molar-refractivity contribution in [1.29, 1.82) is 0 Å². The molecule has 35 heavy (non-hydrogen) atoms. The summed E-state index contributed by atoms with van der Waals surface area (Å²) in [5.74, 6) is 0.842. The van der Waals surface area contributed by atoms with Gasteiger partial charge in [-0.05, 0) is 0 Å². The minimum absolute atomic E-state index is 0.122. The van der Waals surface area contributed by atoms with Crippen molar-refractivity contribution in [3.8, 4) is 5.75 Å². The fourth-order valence-electron chi connectivity index (χ4n) is 4.75. The maximum atomic E-state index is 13.5. The van der Waals surface area contributed by atoms with Crippen molar-refractivity contribution in [2.24, 2.45) is 5.92 Å². The van der Waals surface area contributed by atoms with Gasteiger partial charge in [-0.25, -0.2) is 0 Å². The molecule has 0 aromatic heterocycles. The molecule has 0 saturated carbocycles. The number of hydrogen-bond donors (Lipinski definition) is 1. The summed E-state index contributed by atoms with van der Waals surface area (Å²) < 4.78 is 42.1. The molecular formula is C29H51NO3SSn. The first-order valence-corrected chi connectivity index (χ1v) is 22.8. The Morgan fingerprint density at radius 2 is 1.49 bits per heavy atom. The Kier molecular flexibility index (Phi) is 14.3. The number of unbranched alkanes of at least 4 members (excludes halogenated alkanes) is 3. The molecule has 0 aliphatic heterocycles. The van der Waals surface area contributed by atoms with Gasteiger partial charge in [0.25, 0.3) is 0 Å². The van der Waals surface area contributed by atoms with E-state index in [1.807, 2.05) is 32.9 Å². The molecule has 0 saturated heterocycles. The van der Waals surface area contributed by atoms with Crippen LogP contribution in [-0.2, 0) is 10.0 Å². The van der Waals surface area contributed by atoms with E-state index in [0.717, 1.165) is 16.9 Å². The van der Waals surface area contributed by atoms with Crippen LogP contribution in [0.4, 0.5) is 0 Å². The second-order valence-corrected chi connectivity index (χ2v) is 25.0. The van der Waals surface area contributed by atoms with Gasteiger partial charge in [0.1, 0.15) is 0 Å². The van der Waals surface area contributed by atoms with Crippen LogP contribution in [0.1, 0.15) is 89.8 Å². The van der Waals surface area contributed by atoms with E-state index in [4.69, 9.17) is 4.74 Å². The van der Waals surface area contributed by atoms with E-state index in [-0.39, 0.29) is 12.0 Å². The molecule has 200 valence electrons. The summed E-state index contributed by atoms with van der Waals surface area (Å²) >= 11 is -2.46. The van der Waals surface area contributed by atoms with Crippen molar-refractivity contribution in [3.05, 3.63) is 38.7 Å². The van der Waals surface area contributed by atoms with Gasteiger partial charge in [0.05, 0.1) is 0 Å². The van der Waals surface area contributed by atoms with E-state index in [0.29, 0.717) is 10.5 Å². The van der Waals surface area contributed by atoms with Gasteiger partial charge in [0.2, 0.25) is 0 Å². The minimum atomic E-state index is -3.70.